The van der Waals surface area contributed by atoms with Gasteiger partial charge in [0.25, 0.3) is 0 Å². The number of ether oxygens (including phenoxy) is 1. The van der Waals surface area contributed by atoms with Crippen molar-refractivity contribution >= 4 is 5.91 Å². The van der Waals surface area contributed by atoms with Crippen LogP contribution in [0.25, 0.3) is 0 Å². The van der Waals surface area contributed by atoms with Crippen LogP contribution < -0.4 is 5.32 Å². The Morgan fingerprint density at radius 1 is 1.47 bits per heavy atom. The molecule has 1 atom stereocenters. The molecule has 1 unspecified atom stereocenters. The zero-order valence-electron chi connectivity index (χ0n) is 10.9. The van der Waals surface area contributed by atoms with Crippen LogP contribution >= 0.6 is 0 Å². The van der Waals surface area contributed by atoms with Gasteiger partial charge in [-0.1, -0.05) is 0 Å². The van der Waals surface area contributed by atoms with Gasteiger partial charge < -0.3 is 20.4 Å². The van der Waals surface area contributed by atoms with Crippen molar-refractivity contribution in [1.82, 2.24) is 10.4 Å². The average molecular weight is 246 g/mol. The number of aliphatic hydroxyl groups excluding tert-OH is 1. The Morgan fingerprint density at radius 3 is 2.47 bits per heavy atom. The molecular formula is C11H22N2O4. The van der Waals surface area contributed by atoms with E-state index in [0.29, 0.717) is 6.42 Å². The zero-order valence-corrected chi connectivity index (χ0v) is 10.9. The topological polar surface area (TPSA) is 82.0 Å². The van der Waals surface area contributed by atoms with E-state index in [1.807, 2.05) is 27.7 Å². The zero-order chi connectivity index (χ0) is 13.3. The summed E-state index contributed by atoms with van der Waals surface area (Å²) in [4.78, 5) is 11.5. The summed E-state index contributed by atoms with van der Waals surface area (Å²) in [5, 5.41) is 22.6. The Balaban J connectivity index is 2.63. The third-order valence-electron chi connectivity index (χ3n) is 3.34. The molecule has 0 spiro atoms. The molecule has 1 amide bonds. The minimum Gasteiger partial charge on any atom is -0.371 e. The Bertz CT molecular complexity index is 291. The lowest BCUT2D eigenvalue weighted by Gasteiger charge is -2.35. The standard InChI is InChI=1S/C11H22N2O4/c1-10(2)5-8(11(3,4)13(10)16)12-9(15)6-17-7-14/h8,14,16H,5-7H2,1-4H3,(H,12,15). The van der Waals surface area contributed by atoms with Crippen molar-refractivity contribution in [1.29, 1.82) is 0 Å². The molecule has 100 valence electrons. The van der Waals surface area contributed by atoms with Crippen LogP contribution in [0.4, 0.5) is 0 Å². The molecule has 0 bridgehead atoms. The number of hydrogen-bond acceptors (Lipinski definition) is 5. The summed E-state index contributed by atoms with van der Waals surface area (Å²) in [5.41, 5.74) is -0.905. The highest BCUT2D eigenvalue weighted by atomic mass is 16.6. The van der Waals surface area contributed by atoms with Gasteiger partial charge in [0, 0.05) is 5.54 Å². The van der Waals surface area contributed by atoms with E-state index in [1.54, 1.807) is 0 Å². The van der Waals surface area contributed by atoms with Gasteiger partial charge in [-0.3, -0.25) is 4.79 Å². The van der Waals surface area contributed by atoms with Crippen LogP contribution in [0.1, 0.15) is 34.1 Å². The average Bonchev–Trinajstić information content (AvgIpc) is 2.37. The quantitative estimate of drug-likeness (QED) is 0.612. The van der Waals surface area contributed by atoms with Gasteiger partial charge in [0.1, 0.15) is 13.4 Å². The second-order valence-electron chi connectivity index (χ2n) is 5.58. The summed E-state index contributed by atoms with van der Waals surface area (Å²) in [5.74, 6) is -0.289. The summed E-state index contributed by atoms with van der Waals surface area (Å²) in [6.07, 6.45) is 0.654. The number of amides is 1. The van der Waals surface area contributed by atoms with E-state index in [-0.39, 0.29) is 24.1 Å². The number of hydrogen-bond donors (Lipinski definition) is 3. The molecule has 1 rings (SSSR count). The number of nitrogens with one attached hydrogen (secondary N) is 1. The molecule has 6 nitrogen and oxygen atoms in total. The number of rotatable bonds is 4. The van der Waals surface area contributed by atoms with Gasteiger partial charge in [-0.25, -0.2) is 0 Å². The number of aliphatic hydroxyl groups is 1. The molecule has 17 heavy (non-hydrogen) atoms. The monoisotopic (exact) mass is 246 g/mol. The fourth-order valence-electron chi connectivity index (χ4n) is 2.37. The molecule has 1 saturated heterocycles. The van der Waals surface area contributed by atoms with Crippen molar-refractivity contribution < 1.29 is 19.8 Å². The molecular weight excluding hydrogens is 224 g/mol. The van der Waals surface area contributed by atoms with E-state index in [2.05, 4.69) is 10.1 Å². The molecule has 0 saturated carbocycles. The van der Waals surface area contributed by atoms with Crippen molar-refractivity contribution in [2.45, 2.75) is 51.2 Å². The predicted octanol–water partition coefficient (Wildman–Crippen LogP) is 0.0897. The second-order valence-corrected chi connectivity index (χ2v) is 5.58. The van der Waals surface area contributed by atoms with E-state index < -0.39 is 12.3 Å². The van der Waals surface area contributed by atoms with Gasteiger partial charge in [-0.05, 0) is 34.1 Å². The predicted molar refractivity (Wildman–Crippen MR) is 61.4 cm³/mol. The molecule has 0 aromatic heterocycles. The fraction of sp³-hybridized carbons (Fsp3) is 0.909. The highest BCUT2D eigenvalue weighted by molar-refractivity contribution is 5.77. The summed E-state index contributed by atoms with van der Waals surface area (Å²) in [7, 11) is 0. The van der Waals surface area contributed by atoms with Crippen molar-refractivity contribution in [3.8, 4) is 0 Å². The molecule has 1 aliphatic rings. The number of hydroxylamine groups is 2. The van der Waals surface area contributed by atoms with Crippen LogP contribution in [0.2, 0.25) is 0 Å². The maximum atomic E-state index is 11.5. The largest absolute Gasteiger partial charge is 0.371 e. The first-order valence-corrected chi connectivity index (χ1v) is 5.69. The maximum Gasteiger partial charge on any atom is 0.246 e. The van der Waals surface area contributed by atoms with E-state index in [1.165, 1.54) is 5.06 Å². The summed E-state index contributed by atoms with van der Waals surface area (Å²) >= 11 is 0. The molecule has 0 aromatic rings. The van der Waals surface area contributed by atoms with Crippen LogP contribution in [0, 0.1) is 0 Å². The summed E-state index contributed by atoms with van der Waals surface area (Å²) < 4.78 is 4.62. The van der Waals surface area contributed by atoms with Crippen LogP contribution in [-0.2, 0) is 9.53 Å². The van der Waals surface area contributed by atoms with E-state index >= 15 is 0 Å². The van der Waals surface area contributed by atoms with Gasteiger partial charge >= 0.3 is 0 Å². The van der Waals surface area contributed by atoms with Gasteiger partial charge in [-0.2, -0.15) is 5.06 Å². The number of carbonyl (C=O) groups is 1. The molecule has 1 aliphatic heterocycles. The Hall–Kier alpha value is -0.690. The summed E-state index contributed by atoms with van der Waals surface area (Å²) in [6.45, 7) is 6.95. The van der Waals surface area contributed by atoms with E-state index in [9.17, 15) is 10.0 Å². The highest BCUT2D eigenvalue weighted by Gasteiger charge is 2.51. The van der Waals surface area contributed by atoms with Gasteiger partial charge in [0.2, 0.25) is 5.91 Å². The normalized spacial score (nSPS) is 27.1. The Kier molecular flexibility index (Phi) is 4.14. The van der Waals surface area contributed by atoms with E-state index in [0.717, 1.165) is 0 Å². The minimum atomic E-state index is -0.529. The van der Waals surface area contributed by atoms with Gasteiger partial charge in [0.15, 0.2) is 0 Å². The maximum absolute atomic E-state index is 11.5. The molecule has 0 aromatic carbocycles. The molecule has 1 heterocycles. The van der Waals surface area contributed by atoms with Gasteiger partial charge in [0.05, 0.1) is 11.6 Å². The second kappa shape index (κ2) is 4.89. The molecule has 1 fully saturated rings. The minimum absolute atomic E-state index is 0.155. The van der Waals surface area contributed by atoms with Gasteiger partial charge in [-0.15, -0.1) is 0 Å². The third-order valence-corrected chi connectivity index (χ3v) is 3.34. The van der Waals surface area contributed by atoms with Crippen LogP contribution in [0.15, 0.2) is 0 Å². The lowest BCUT2D eigenvalue weighted by molar-refractivity contribution is -0.194. The number of nitrogens with zero attached hydrogens (tertiary/aromatic N) is 1. The van der Waals surface area contributed by atoms with Crippen LogP contribution in [0.5, 0.6) is 0 Å². The van der Waals surface area contributed by atoms with Crippen LogP contribution in [-0.4, -0.2) is 51.8 Å². The third kappa shape index (κ3) is 2.95. The van der Waals surface area contributed by atoms with Crippen molar-refractivity contribution in [3.63, 3.8) is 0 Å². The Morgan fingerprint density at radius 2 is 2.06 bits per heavy atom. The molecule has 0 aliphatic carbocycles. The lowest BCUT2D eigenvalue weighted by atomic mass is 9.94. The van der Waals surface area contributed by atoms with Crippen LogP contribution in [0.3, 0.4) is 0 Å². The van der Waals surface area contributed by atoms with E-state index in [4.69, 9.17) is 5.11 Å². The fourth-order valence-corrected chi connectivity index (χ4v) is 2.37. The molecule has 0 radical (unpaired) electrons. The number of carbonyl (C=O) groups excluding carboxylic acids is 1. The molecule has 3 N–H and O–H groups in total. The first-order chi connectivity index (χ1) is 7.71. The highest BCUT2D eigenvalue weighted by Crippen LogP contribution is 2.38. The van der Waals surface area contributed by atoms with Crippen molar-refractivity contribution in [2.75, 3.05) is 13.4 Å². The van der Waals surface area contributed by atoms with Crippen molar-refractivity contribution in [3.05, 3.63) is 0 Å². The SMILES string of the molecule is CC1(C)CC(NC(=O)COCO)C(C)(C)N1O. The van der Waals surface area contributed by atoms with Crippen molar-refractivity contribution in [2.24, 2.45) is 0 Å². The molecule has 6 heteroatoms. The Labute approximate surface area is 102 Å². The first-order valence-electron chi connectivity index (χ1n) is 5.69. The lowest BCUT2D eigenvalue weighted by Crippen LogP contribution is -2.53. The summed E-state index contributed by atoms with van der Waals surface area (Å²) in [6, 6.07) is -0.155. The first kappa shape index (κ1) is 14.4. The smallest absolute Gasteiger partial charge is 0.246 e.